The summed E-state index contributed by atoms with van der Waals surface area (Å²) in [4.78, 5) is 2.78. The summed E-state index contributed by atoms with van der Waals surface area (Å²) >= 11 is 0. The SMILES string of the molecule is CC(CCN1C2CCCC1CC(N)C2)c1ccccc1. The van der Waals surface area contributed by atoms with Crippen molar-refractivity contribution in [1.29, 1.82) is 0 Å². The number of hydrogen-bond donors (Lipinski definition) is 1. The fourth-order valence-electron chi connectivity index (χ4n) is 4.18. The Bertz CT molecular complexity index is 403. The quantitative estimate of drug-likeness (QED) is 0.908. The minimum Gasteiger partial charge on any atom is -0.328 e. The Balaban J connectivity index is 1.58. The molecule has 0 radical (unpaired) electrons. The highest BCUT2D eigenvalue weighted by molar-refractivity contribution is 5.18. The average molecular weight is 272 g/mol. The summed E-state index contributed by atoms with van der Waals surface area (Å²) in [5.74, 6) is 0.660. The van der Waals surface area contributed by atoms with Crippen LogP contribution >= 0.6 is 0 Å². The van der Waals surface area contributed by atoms with Crippen LogP contribution in [0.15, 0.2) is 30.3 Å². The van der Waals surface area contributed by atoms with E-state index in [9.17, 15) is 0 Å². The highest BCUT2D eigenvalue weighted by atomic mass is 15.2. The Morgan fingerprint density at radius 1 is 1.15 bits per heavy atom. The van der Waals surface area contributed by atoms with Gasteiger partial charge in [0.15, 0.2) is 0 Å². The first-order chi connectivity index (χ1) is 9.74. The van der Waals surface area contributed by atoms with Gasteiger partial charge in [0.1, 0.15) is 0 Å². The highest BCUT2D eigenvalue weighted by Gasteiger charge is 2.36. The van der Waals surface area contributed by atoms with Crippen LogP contribution in [0.1, 0.15) is 56.9 Å². The largest absolute Gasteiger partial charge is 0.328 e. The third-order valence-electron chi connectivity index (χ3n) is 5.35. The monoisotopic (exact) mass is 272 g/mol. The van der Waals surface area contributed by atoms with Crippen LogP contribution in [-0.4, -0.2) is 29.6 Å². The summed E-state index contributed by atoms with van der Waals surface area (Å²) in [5.41, 5.74) is 7.69. The van der Waals surface area contributed by atoms with Crippen LogP contribution in [0.4, 0.5) is 0 Å². The third-order valence-corrected chi connectivity index (χ3v) is 5.35. The normalized spacial score (nSPS) is 32.0. The van der Waals surface area contributed by atoms with Crippen LogP contribution in [0.25, 0.3) is 0 Å². The predicted octanol–water partition coefficient (Wildman–Crippen LogP) is 3.52. The predicted molar refractivity (Wildman–Crippen MR) is 84.8 cm³/mol. The number of hydrogen-bond acceptors (Lipinski definition) is 2. The van der Waals surface area contributed by atoms with Crippen LogP contribution in [0.5, 0.6) is 0 Å². The number of nitrogens with zero attached hydrogens (tertiary/aromatic N) is 1. The lowest BCUT2D eigenvalue weighted by Crippen LogP contribution is -2.55. The van der Waals surface area contributed by atoms with Crippen molar-refractivity contribution in [2.75, 3.05) is 6.54 Å². The van der Waals surface area contributed by atoms with E-state index in [1.54, 1.807) is 0 Å². The second-order valence-corrected chi connectivity index (χ2v) is 6.81. The van der Waals surface area contributed by atoms with Crippen molar-refractivity contribution < 1.29 is 0 Å². The van der Waals surface area contributed by atoms with Crippen molar-refractivity contribution in [3.05, 3.63) is 35.9 Å². The Labute approximate surface area is 123 Å². The summed E-state index contributed by atoms with van der Waals surface area (Å²) in [6.45, 7) is 3.61. The Hall–Kier alpha value is -0.860. The first kappa shape index (κ1) is 14.1. The van der Waals surface area contributed by atoms with Gasteiger partial charge in [-0.1, -0.05) is 43.7 Å². The Morgan fingerprint density at radius 3 is 2.45 bits per heavy atom. The highest BCUT2D eigenvalue weighted by Crippen LogP contribution is 2.34. The van der Waals surface area contributed by atoms with Gasteiger partial charge in [0, 0.05) is 18.1 Å². The van der Waals surface area contributed by atoms with Crippen LogP contribution in [0.3, 0.4) is 0 Å². The standard InChI is InChI=1S/C18H28N2/c1-14(15-6-3-2-4-7-15)10-11-20-17-8-5-9-18(20)13-16(19)12-17/h2-4,6-7,14,16-18H,5,8-13,19H2,1H3. The molecule has 2 aliphatic rings. The van der Waals surface area contributed by atoms with Crippen molar-refractivity contribution in [3.8, 4) is 0 Å². The van der Waals surface area contributed by atoms with Crippen molar-refractivity contribution in [2.45, 2.75) is 69.5 Å². The van der Waals surface area contributed by atoms with Gasteiger partial charge >= 0.3 is 0 Å². The van der Waals surface area contributed by atoms with Gasteiger partial charge in [-0.05, 0) is 50.1 Å². The molecular weight excluding hydrogens is 244 g/mol. The number of fused-ring (bicyclic) bond motifs is 2. The molecule has 2 aliphatic heterocycles. The van der Waals surface area contributed by atoms with E-state index in [1.807, 2.05) is 0 Å². The number of nitrogens with two attached hydrogens (primary N) is 1. The maximum Gasteiger partial charge on any atom is 0.0113 e. The van der Waals surface area contributed by atoms with E-state index in [0.29, 0.717) is 12.0 Å². The summed E-state index contributed by atoms with van der Waals surface area (Å²) in [5, 5.41) is 0. The first-order valence-corrected chi connectivity index (χ1v) is 8.30. The van der Waals surface area contributed by atoms with Gasteiger partial charge in [-0.3, -0.25) is 4.90 Å². The molecule has 2 saturated heterocycles. The van der Waals surface area contributed by atoms with Crippen LogP contribution < -0.4 is 5.73 Å². The van der Waals surface area contributed by atoms with Crippen LogP contribution in [0, 0.1) is 0 Å². The molecule has 1 aromatic rings. The average Bonchev–Trinajstić information content (AvgIpc) is 2.45. The molecule has 0 aliphatic carbocycles. The molecule has 0 spiro atoms. The van der Waals surface area contributed by atoms with Crippen molar-refractivity contribution in [2.24, 2.45) is 5.73 Å². The van der Waals surface area contributed by atoms with Crippen LogP contribution in [0.2, 0.25) is 0 Å². The zero-order valence-corrected chi connectivity index (χ0v) is 12.7. The van der Waals surface area contributed by atoms with Gasteiger partial charge < -0.3 is 5.73 Å². The van der Waals surface area contributed by atoms with E-state index >= 15 is 0 Å². The first-order valence-electron chi connectivity index (χ1n) is 8.30. The lowest BCUT2D eigenvalue weighted by atomic mass is 9.81. The smallest absolute Gasteiger partial charge is 0.0113 e. The van der Waals surface area contributed by atoms with E-state index in [0.717, 1.165) is 12.1 Å². The molecule has 2 bridgehead atoms. The fraction of sp³-hybridized carbons (Fsp3) is 0.667. The maximum atomic E-state index is 6.21. The van der Waals surface area contributed by atoms with E-state index in [-0.39, 0.29) is 0 Å². The Kier molecular flexibility index (Phi) is 4.42. The van der Waals surface area contributed by atoms with E-state index in [1.165, 1.54) is 50.6 Å². The molecule has 0 amide bonds. The fourth-order valence-corrected chi connectivity index (χ4v) is 4.18. The molecule has 2 heterocycles. The molecule has 20 heavy (non-hydrogen) atoms. The minimum absolute atomic E-state index is 0.452. The number of benzene rings is 1. The molecule has 1 aromatic carbocycles. The summed E-state index contributed by atoms with van der Waals surface area (Å²) in [6.07, 6.45) is 7.85. The van der Waals surface area contributed by atoms with Gasteiger partial charge in [0.05, 0.1) is 0 Å². The molecule has 3 unspecified atom stereocenters. The lowest BCUT2D eigenvalue weighted by molar-refractivity contribution is 0.0295. The second kappa shape index (κ2) is 6.28. The van der Waals surface area contributed by atoms with Crippen LogP contribution in [-0.2, 0) is 0 Å². The molecule has 2 N–H and O–H groups in total. The second-order valence-electron chi connectivity index (χ2n) is 6.81. The molecule has 3 rings (SSSR count). The van der Waals surface area contributed by atoms with Gasteiger partial charge in [-0.2, -0.15) is 0 Å². The van der Waals surface area contributed by atoms with Crippen molar-refractivity contribution in [1.82, 2.24) is 4.90 Å². The van der Waals surface area contributed by atoms with Gasteiger partial charge in [-0.25, -0.2) is 0 Å². The molecule has 2 nitrogen and oxygen atoms in total. The van der Waals surface area contributed by atoms with Gasteiger partial charge in [0.25, 0.3) is 0 Å². The minimum atomic E-state index is 0.452. The van der Waals surface area contributed by atoms with E-state index in [4.69, 9.17) is 5.73 Å². The topological polar surface area (TPSA) is 29.3 Å². The van der Waals surface area contributed by atoms with Crippen molar-refractivity contribution in [3.63, 3.8) is 0 Å². The molecule has 110 valence electrons. The summed E-state index contributed by atoms with van der Waals surface area (Å²) in [7, 11) is 0. The number of piperidine rings is 2. The number of rotatable bonds is 4. The maximum absolute atomic E-state index is 6.21. The molecule has 2 fully saturated rings. The lowest BCUT2D eigenvalue weighted by Gasteiger charge is -2.48. The van der Waals surface area contributed by atoms with Gasteiger partial charge in [-0.15, -0.1) is 0 Å². The molecule has 2 heteroatoms. The summed E-state index contributed by atoms with van der Waals surface area (Å²) < 4.78 is 0. The molecule has 0 aromatic heterocycles. The van der Waals surface area contributed by atoms with Gasteiger partial charge in [0.2, 0.25) is 0 Å². The molecular formula is C18H28N2. The molecule has 0 saturated carbocycles. The molecule has 3 atom stereocenters. The Morgan fingerprint density at radius 2 is 1.80 bits per heavy atom. The third kappa shape index (κ3) is 3.07. The summed E-state index contributed by atoms with van der Waals surface area (Å²) in [6, 6.07) is 12.9. The van der Waals surface area contributed by atoms with E-state index in [2.05, 4.69) is 42.2 Å². The van der Waals surface area contributed by atoms with E-state index < -0.39 is 0 Å². The zero-order valence-electron chi connectivity index (χ0n) is 12.7. The zero-order chi connectivity index (χ0) is 13.9. The van der Waals surface area contributed by atoms with Crippen molar-refractivity contribution >= 4 is 0 Å².